The Morgan fingerprint density at radius 1 is 1.16 bits per heavy atom. The average molecular weight is 261 g/mol. The highest BCUT2D eigenvalue weighted by molar-refractivity contribution is 5.27. The molecule has 2 heteroatoms. The van der Waals surface area contributed by atoms with Gasteiger partial charge in [-0.1, -0.05) is 26.2 Å². The van der Waals surface area contributed by atoms with Gasteiger partial charge in [-0.25, -0.2) is 0 Å². The van der Waals surface area contributed by atoms with E-state index in [1.165, 1.54) is 49.9 Å². The molecule has 3 rings (SSSR count). The SMILES string of the molecule is CCC1CCC(Cn2ccc3c2CCCC3O)CC1. The molecule has 1 aromatic rings. The van der Waals surface area contributed by atoms with Crippen LogP contribution in [-0.2, 0) is 13.0 Å². The molecule has 0 spiro atoms. The zero-order valence-corrected chi connectivity index (χ0v) is 12.1. The van der Waals surface area contributed by atoms with Crippen LogP contribution in [0, 0.1) is 11.8 Å². The van der Waals surface area contributed by atoms with E-state index >= 15 is 0 Å². The van der Waals surface area contributed by atoms with Crippen LogP contribution < -0.4 is 0 Å². The lowest BCUT2D eigenvalue weighted by atomic mass is 9.81. The van der Waals surface area contributed by atoms with Crippen molar-refractivity contribution in [2.24, 2.45) is 11.8 Å². The van der Waals surface area contributed by atoms with Crippen LogP contribution in [0.2, 0.25) is 0 Å². The van der Waals surface area contributed by atoms with Crippen molar-refractivity contribution in [3.63, 3.8) is 0 Å². The molecular formula is C17H27NO. The number of aliphatic hydroxyl groups excluding tert-OH is 1. The van der Waals surface area contributed by atoms with E-state index in [4.69, 9.17) is 0 Å². The second-order valence-electron chi connectivity index (χ2n) is 6.57. The molecule has 1 atom stereocenters. The van der Waals surface area contributed by atoms with Crippen molar-refractivity contribution in [3.8, 4) is 0 Å². The molecule has 2 aliphatic carbocycles. The van der Waals surface area contributed by atoms with Gasteiger partial charge in [-0.3, -0.25) is 0 Å². The number of hydrogen-bond donors (Lipinski definition) is 1. The Morgan fingerprint density at radius 2 is 1.89 bits per heavy atom. The number of aromatic nitrogens is 1. The van der Waals surface area contributed by atoms with E-state index in [-0.39, 0.29) is 6.10 Å². The standard InChI is InChI=1S/C17H27NO/c1-2-13-6-8-14(9-7-13)12-18-11-10-15-16(18)4-3-5-17(15)19/h10-11,13-14,17,19H,2-9,12H2,1H3. The Morgan fingerprint density at radius 3 is 2.63 bits per heavy atom. The summed E-state index contributed by atoms with van der Waals surface area (Å²) in [6.45, 7) is 3.51. The van der Waals surface area contributed by atoms with E-state index in [9.17, 15) is 5.11 Å². The maximum Gasteiger partial charge on any atom is 0.0807 e. The summed E-state index contributed by atoms with van der Waals surface area (Å²) in [4.78, 5) is 0. The molecule has 1 fully saturated rings. The van der Waals surface area contributed by atoms with Crippen LogP contribution >= 0.6 is 0 Å². The largest absolute Gasteiger partial charge is 0.388 e. The third-order valence-corrected chi connectivity index (χ3v) is 5.36. The second kappa shape index (κ2) is 5.70. The van der Waals surface area contributed by atoms with Gasteiger partial charge in [0.25, 0.3) is 0 Å². The van der Waals surface area contributed by atoms with Gasteiger partial charge in [0.05, 0.1) is 6.10 Å². The van der Waals surface area contributed by atoms with Gasteiger partial charge < -0.3 is 9.67 Å². The zero-order chi connectivity index (χ0) is 13.2. The van der Waals surface area contributed by atoms with E-state index in [0.29, 0.717) is 0 Å². The predicted molar refractivity (Wildman–Crippen MR) is 78.1 cm³/mol. The predicted octanol–water partition coefficient (Wildman–Crippen LogP) is 4.07. The fraction of sp³-hybridized carbons (Fsp3) is 0.765. The lowest BCUT2D eigenvalue weighted by Crippen LogP contribution is -2.20. The molecule has 0 saturated heterocycles. The van der Waals surface area contributed by atoms with Crippen molar-refractivity contribution in [2.75, 3.05) is 0 Å². The second-order valence-corrected chi connectivity index (χ2v) is 6.57. The van der Waals surface area contributed by atoms with Crippen molar-refractivity contribution in [2.45, 2.75) is 70.9 Å². The summed E-state index contributed by atoms with van der Waals surface area (Å²) in [5, 5.41) is 10.0. The van der Waals surface area contributed by atoms with Crippen LogP contribution in [0.5, 0.6) is 0 Å². The van der Waals surface area contributed by atoms with Crippen LogP contribution in [-0.4, -0.2) is 9.67 Å². The van der Waals surface area contributed by atoms with Crippen LogP contribution in [0.1, 0.15) is 69.2 Å². The number of fused-ring (bicyclic) bond motifs is 1. The summed E-state index contributed by atoms with van der Waals surface area (Å²) < 4.78 is 2.44. The number of aliphatic hydroxyl groups is 1. The van der Waals surface area contributed by atoms with Gasteiger partial charge in [0.2, 0.25) is 0 Å². The molecule has 2 nitrogen and oxygen atoms in total. The maximum absolute atomic E-state index is 10.0. The summed E-state index contributed by atoms with van der Waals surface area (Å²) in [7, 11) is 0. The first-order valence-electron chi connectivity index (χ1n) is 8.14. The minimum atomic E-state index is -0.208. The first-order valence-corrected chi connectivity index (χ1v) is 8.14. The molecule has 1 saturated carbocycles. The van der Waals surface area contributed by atoms with E-state index < -0.39 is 0 Å². The van der Waals surface area contributed by atoms with E-state index in [1.54, 1.807) is 0 Å². The summed E-state index contributed by atoms with van der Waals surface area (Å²) in [5.74, 6) is 1.84. The zero-order valence-electron chi connectivity index (χ0n) is 12.1. The number of nitrogens with zero attached hydrogens (tertiary/aromatic N) is 1. The minimum Gasteiger partial charge on any atom is -0.388 e. The highest BCUT2D eigenvalue weighted by Gasteiger charge is 2.24. The number of hydrogen-bond acceptors (Lipinski definition) is 1. The van der Waals surface area contributed by atoms with Crippen molar-refractivity contribution in [1.29, 1.82) is 0 Å². The molecule has 1 unspecified atom stereocenters. The van der Waals surface area contributed by atoms with Gasteiger partial charge in [0.15, 0.2) is 0 Å². The lowest BCUT2D eigenvalue weighted by molar-refractivity contribution is 0.155. The topological polar surface area (TPSA) is 25.2 Å². The fourth-order valence-electron chi connectivity index (χ4n) is 4.00. The fourth-order valence-corrected chi connectivity index (χ4v) is 4.00. The van der Waals surface area contributed by atoms with Crippen molar-refractivity contribution >= 4 is 0 Å². The Balaban J connectivity index is 1.65. The third-order valence-electron chi connectivity index (χ3n) is 5.36. The van der Waals surface area contributed by atoms with Crippen molar-refractivity contribution < 1.29 is 5.11 Å². The molecule has 0 aromatic carbocycles. The molecule has 0 radical (unpaired) electrons. The molecule has 1 N–H and O–H groups in total. The summed E-state index contributed by atoms with van der Waals surface area (Å²) in [6.07, 6.45) is 12.2. The van der Waals surface area contributed by atoms with Crippen molar-refractivity contribution in [3.05, 3.63) is 23.5 Å². The molecule has 1 heterocycles. The smallest absolute Gasteiger partial charge is 0.0807 e. The first-order chi connectivity index (χ1) is 9.28. The molecule has 19 heavy (non-hydrogen) atoms. The van der Waals surface area contributed by atoms with E-state index in [1.807, 2.05) is 0 Å². The van der Waals surface area contributed by atoms with Crippen molar-refractivity contribution in [1.82, 2.24) is 4.57 Å². The van der Waals surface area contributed by atoms with E-state index in [2.05, 4.69) is 23.8 Å². The van der Waals surface area contributed by atoms with Crippen LogP contribution in [0.3, 0.4) is 0 Å². The Labute approximate surface area is 116 Å². The molecule has 0 bridgehead atoms. The number of rotatable bonds is 3. The molecule has 106 valence electrons. The summed E-state index contributed by atoms with van der Waals surface area (Å²) in [5.41, 5.74) is 2.62. The Kier molecular flexibility index (Phi) is 3.97. The monoisotopic (exact) mass is 261 g/mol. The van der Waals surface area contributed by atoms with Gasteiger partial charge in [-0.2, -0.15) is 0 Å². The summed E-state index contributed by atoms with van der Waals surface area (Å²) in [6, 6.07) is 2.15. The first kappa shape index (κ1) is 13.2. The van der Waals surface area contributed by atoms with Gasteiger partial charge in [-0.15, -0.1) is 0 Å². The highest BCUT2D eigenvalue weighted by atomic mass is 16.3. The molecule has 1 aromatic heterocycles. The molecule has 0 aliphatic heterocycles. The van der Waals surface area contributed by atoms with Gasteiger partial charge in [-0.05, 0) is 50.0 Å². The van der Waals surface area contributed by atoms with Gasteiger partial charge >= 0.3 is 0 Å². The van der Waals surface area contributed by atoms with Gasteiger partial charge in [0.1, 0.15) is 0 Å². The molecular weight excluding hydrogens is 234 g/mol. The summed E-state index contributed by atoms with van der Waals surface area (Å²) >= 11 is 0. The maximum atomic E-state index is 10.0. The average Bonchev–Trinajstić information content (AvgIpc) is 2.84. The normalized spacial score (nSPS) is 31.2. The van der Waals surface area contributed by atoms with E-state index in [0.717, 1.165) is 31.1 Å². The third kappa shape index (κ3) is 2.74. The quantitative estimate of drug-likeness (QED) is 0.871. The van der Waals surface area contributed by atoms with Crippen LogP contribution in [0.15, 0.2) is 12.3 Å². The van der Waals surface area contributed by atoms with Crippen LogP contribution in [0.4, 0.5) is 0 Å². The van der Waals surface area contributed by atoms with Crippen LogP contribution in [0.25, 0.3) is 0 Å². The molecule has 2 aliphatic rings. The van der Waals surface area contributed by atoms with Gasteiger partial charge in [0, 0.05) is 24.0 Å². The molecule has 0 amide bonds. The Hall–Kier alpha value is -0.760. The lowest BCUT2D eigenvalue weighted by Gasteiger charge is -2.29. The minimum absolute atomic E-state index is 0.208. The highest BCUT2D eigenvalue weighted by Crippen LogP contribution is 2.34. The Bertz CT molecular complexity index is 415.